The standard InChI is InChI=1S/C14H21FN2O.2ClH/c1-2-4-13(17-9-7-16-8-10-17)11-5-3-6-12(15)14(11)18;;/h3,5-6,13,16,18H,2,4,7-10H2,1H3;2*1H/t13-;;/m1../s1. The third kappa shape index (κ3) is 4.48. The van der Waals surface area contributed by atoms with Crippen molar-refractivity contribution in [2.24, 2.45) is 0 Å². The van der Waals surface area contributed by atoms with Gasteiger partial charge in [0, 0.05) is 37.8 Å². The predicted octanol–water partition coefficient (Wildman–Crippen LogP) is 3.12. The zero-order chi connectivity index (χ0) is 13.0. The first-order valence-corrected chi connectivity index (χ1v) is 6.66. The van der Waals surface area contributed by atoms with Crippen LogP contribution in [-0.4, -0.2) is 36.2 Å². The van der Waals surface area contributed by atoms with Crippen molar-refractivity contribution in [2.45, 2.75) is 25.8 Å². The van der Waals surface area contributed by atoms with Crippen molar-refractivity contribution < 1.29 is 9.50 Å². The molecule has 0 saturated carbocycles. The first kappa shape index (κ1) is 19.4. The fourth-order valence-corrected chi connectivity index (χ4v) is 2.60. The summed E-state index contributed by atoms with van der Waals surface area (Å²) < 4.78 is 13.5. The average molecular weight is 325 g/mol. The van der Waals surface area contributed by atoms with Crippen LogP contribution in [0.3, 0.4) is 0 Å². The van der Waals surface area contributed by atoms with Gasteiger partial charge in [0.2, 0.25) is 0 Å². The van der Waals surface area contributed by atoms with Crippen LogP contribution >= 0.6 is 24.8 Å². The lowest BCUT2D eigenvalue weighted by Crippen LogP contribution is -2.45. The van der Waals surface area contributed by atoms with E-state index in [1.165, 1.54) is 6.07 Å². The summed E-state index contributed by atoms with van der Waals surface area (Å²) in [5.41, 5.74) is 0.721. The molecule has 1 aliphatic rings. The Kier molecular flexibility index (Phi) is 9.14. The van der Waals surface area contributed by atoms with Crippen molar-refractivity contribution in [3.63, 3.8) is 0 Å². The number of hydrogen-bond donors (Lipinski definition) is 2. The zero-order valence-electron chi connectivity index (χ0n) is 11.6. The fraction of sp³-hybridized carbons (Fsp3) is 0.571. The van der Waals surface area contributed by atoms with Crippen LogP contribution in [-0.2, 0) is 0 Å². The van der Waals surface area contributed by atoms with Gasteiger partial charge < -0.3 is 10.4 Å². The molecule has 1 aromatic rings. The van der Waals surface area contributed by atoms with E-state index in [1.54, 1.807) is 6.07 Å². The monoisotopic (exact) mass is 324 g/mol. The molecule has 0 spiro atoms. The van der Waals surface area contributed by atoms with Crippen molar-refractivity contribution in [1.29, 1.82) is 0 Å². The maximum Gasteiger partial charge on any atom is 0.165 e. The number of phenols is 1. The van der Waals surface area contributed by atoms with Gasteiger partial charge in [0.1, 0.15) is 0 Å². The highest BCUT2D eigenvalue weighted by Gasteiger charge is 2.24. The van der Waals surface area contributed by atoms with Gasteiger partial charge in [-0.1, -0.05) is 25.5 Å². The molecule has 1 aliphatic heterocycles. The second-order valence-corrected chi connectivity index (χ2v) is 4.77. The summed E-state index contributed by atoms with van der Waals surface area (Å²) in [6, 6.07) is 4.93. The van der Waals surface area contributed by atoms with Crippen LogP contribution in [0.25, 0.3) is 0 Å². The molecule has 0 bridgehead atoms. The lowest BCUT2D eigenvalue weighted by molar-refractivity contribution is 0.161. The van der Waals surface area contributed by atoms with E-state index in [2.05, 4.69) is 17.1 Å². The molecule has 3 nitrogen and oxygen atoms in total. The van der Waals surface area contributed by atoms with Crippen LogP contribution < -0.4 is 5.32 Å². The molecule has 0 unspecified atom stereocenters. The van der Waals surface area contributed by atoms with Gasteiger partial charge >= 0.3 is 0 Å². The predicted molar refractivity (Wildman–Crippen MR) is 84.7 cm³/mol. The molecule has 1 atom stereocenters. The molecular weight excluding hydrogens is 302 g/mol. The molecule has 1 saturated heterocycles. The highest BCUT2D eigenvalue weighted by Crippen LogP contribution is 2.33. The van der Waals surface area contributed by atoms with E-state index in [0.717, 1.165) is 44.6 Å². The van der Waals surface area contributed by atoms with Crippen LogP contribution in [0.1, 0.15) is 31.4 Å². The SMILES string of the molecule is CCC[C@H](c1cccc(F)c1O)N1CCNCC1.Cl.Cl. The van der Waals surface area contributed by atoms with Crippen molar-refractivity contribution in [2.75, 3.05) is 26.2 Å². The molecule has 1 aromatic carbocycles. The quantitative estimate of drug-likeness (QED) is 0.893. The van der Waals surface area contributed by atoms with Crippen LogP contribution in [0.2, 0.25) is 0 Å². The first-order valence-electron chi connectivity index (χ1n) is 6.66. The molecule has 0 aliphatic carbocycles. The Bertz CT molecular complexity index is 401. The number of piperazine rings is 1. The van der Waals surface area contributed by atoms with Crippen molar-refractivity contribution in [1.82, 2.24) is 10.2 Å². The number of nitrogens with zero attached hydrogens (tertiary/aromatic N) is 1. The Morgan fingerprint density at radius 2 is 1.95 bits per heavy atom. The Labute approximate surface area is 132 Å². The molecule has 0 amide bonds. The van der Waals surface area contributed by atoms with E-state index in [9.17, 15) is 9.50 Å². The zero-order valence-corrected chi connectivity index (χ0v) is 13.3. The molecule has 2 N–H and O–H groups in total. The van der Waals surface area contributed by atoms with Crippen LogP contribution in [0, 0.1) is 5.82 Å². The summed E-state index contributed by atoms with van der Waals surface area (Å²) in [5.74, 6) is -0.710. The molecule has 6 heteroatoms. The Morgan fingerprint density at radius 3 is 2.55 bits per heavy atom. The molecule has 0 aromatic heterocycles. The van der Waals surface area contributed by atoms with Crippen LogP contribution in [0.5, 0.6) is 5.75 Å². The van der Waals surface area contributed by atoms with E-state index in [0.29, 0.717) is 0 Å². The lowest BCUT2D eigenvalue weighted by Gasteiger charge is -2.35. The first-order chi connectivity index (χ1) is 8.74. The van der Waals surface area contributed by atoms with Gasteiger partial charge in [-0.3, -0.25) is 4.90 Å². The third-order valence-electron chi connectivity index (χ3n) is 3.53. The molecule has 2 rings (SSSR count). The fourth-order valence-electron chi connectivity index (χ4n) is 2.60. The minimum Gasteiger partial charge on any atom is -0.505 e. The van der Waals surface area contributed by atoms with Gasteiger partial charge in [-0.25, -0.2) is 4.39 Å². The minimum absolute atomic E-state index is 0. The minimum atomic E-state index is -0.524. The maximum atomic E-state index is 13.5. The van der Waals surface area contributed by atoms with Crippen molar-refractivity contribution in [3.8, 4) is 5.75 Å². The molecule has 1 fully saturated rings. The highest BCUT2D eigenvalue weighted by atomic mass is 35.5. The molecule has 1 heterocycles. The van der Waals surface area contributed by atoms with Crippen LogP contribution in [0.4, 0.5) is 4.39 Å². The van der Waals surface area contributed by atoms with Crippen LogP contribution in [0.15, 0.2) is 18.2 Å². The number of aromatic hydroxyl groups is 1. The second kappa shape index (κ2) is 9.40. The number of phenolic OH excluding ortho intramolecular Hbond substituents is 1. The molecule has 0 radical (unpaired) electrons. The van der Waals surface area contributed by atoms with Gasteiger partial charge in [0.05, 0.1) is 0 Å². The second-order valence-electron chi connectivity index (χ2n) is 4.77. The van der Waals surface area contributed by atoms with Gasteiger partial charge in [-0.05, 0) is 12.5 Å². The van der Waals surface area contributed by atoms with E-state index in [-0.39, 0.29) is 36.6 Å². The smallest absolute Gasteiger partial charge is 0.165 e. The normalized spacial score (nSPS) is 16.9. The number of para-hydroxylation sites is 1. The number of nitrogens with one attached hydrogen (secondary N) is 1. The summed E-state index contributed by atoms with van der Waals surface area (Å²) in [6.45, 7) is 5.92. The highest BCUT2D eigenvalue weighted by molar-refractivity contribution is 5.85. The van der Waals surface area contributed by atoms with Gasteiger partial charge in [-0.15, -0.1) is 24.8 Å². The number of rotatable bonds is 4. The largest absolute Gasteiger partial charge is 0.505 e. The summed E-state index contributed by atoms with van der Waals surface area (Å²) in [5, 5.41) is 13.2. The molecule has 20 heavy (non-hydrogen) atoms. The summed E-state index contributed by atoms with van der Waals surface area (Å²) in [6.07, 6.45) is 1.96. The Morgan fingerprint density at radius 1 is 1.30 bits per heavy atom. The number of halogens is 3. The van der Waals surface area contributed by atoms with Gasteiger partial charge in [0.25, 0.3) is 0 Å². The molecular formula is C14H23Cl2FN2O. The Balaban J connectivity index is 0.00000180. The number of benzene rings is 1. The van der Waals surface area contributed by atoms with Crippen molar-refractivity contribution in [3.05, 3.63) is 29.6 Å². The van der Waals surface area contributed by atoms with E-state index in [1.807, 2.05) is 6.07 Å². The van der Waals surface area contributed by atoms with E-state index >= 15 is 0 Å². The average Bonchev–Trinajstić information content (AvgIpc) is 2.41. The van der Waals surface area contributed by atoms with Gasteiger partial charge in [0.15, 0.2) is 11.6 Å². The topological polar surface area (TPSA) is 35.5 Å². The molecule has 116 valence electrons. The van der Waals surface area contributed by atoms with Crippen molar-refractivity contribution >= 4 is 24.8 Å². The lowest BCUT2D eigenvalue weighted by atomic mass is 9.98. The summed E-state index contributed by atoms with van der Waals surface area (Å²) >= 11 is 0. The van der Waals surface area contributed by atoms with E-state index in [4.69, 9.17) is 0 Å². The Hall–Kier alpha value is -0.550. The third-order valence-corrected chi connectivity index (χ3v) is 3.53. The maximum absolute atomic E-state index is 13.5. The summed E-state index contributed by atoms with van der Waals surface area (Å²) in [7, 11) is 0. The number of hydrogen-bond acceptors (Lipinski definition) is 3. The van der Waals surface area contributed by atoms with Gasteiger partial charge in [-0.2, -0.15) is 0 Å². The van der Waals surface area contributed by atoms with E-state index < -0.39 is 5.82 Å². The summed E-state index contributed by atoms with van der Waals surface area (Å²) in [4.78, 5) is 2.33.